The molecule has 122 valence electrons. The van der Waals surface area contributed by atoms with Crippen molar-refractivity contribution in [2.24, 2.45) is 0 Å². The number of carbonyl (C=O) groups excluding carboxylic acids is 1. The number of hydrogen-bond acceptors (Lipinski definition) is 4. The lowest BCUT2D eigenvalue weighted by Gasteiger charge is -2.07. The highest BCUT2D eigenvalue weighted by Gasteiger charge is 2.11. The molecule has 0 bridgehead atoms. The summed E-state index contributed by atoms with van der Waals surface area (Å²) in [5, 5.41) is 11.5. The average molecular weight is 334 g/mol. The molecule has 0 spiro atoms. The van der Waals surface area contributed by atoms with E-state index in [0.29, 0.717) is 16.8 Å². The average Bonchev–Trinajstić information content (AvgIpc) is 2.62. The summed E-state index contributed by atoms with van der Waals surface area (Å²) in [4.78, 5) is 30.3. The first-order valence-corrected chi connectivity index (χ1v) is 7.24. The van der Waals surface area contributed by atoms with E-state index >= 15 is 0 Å². The molecule has 0 aliphatic carbocycles. The van der Waals surface area contributed by atoms with E-state index in [1.54, 1.807) is 18.2 Å². The molecule has 2 N–H and O–H groups in total. The van der Waals surface area contributed by atoms with E-state index in [9.17, 15) is 14.0 Å². The third-order valence-corrected chi connectivity index (χ3v) is 3.38. The van der Waals surface area contributed by atoms with Crippen molar-refractivity contribution in [2.45, 2.75) is 0 Å². The van der Waals surface area contributed by atoms with Crippen molar-refractivity contribution in [3.05, 3.63) is 82.2 Å². The van der Waals surface area contributed by atoms with Gasteiger partial charge in [0.05, 0.1) is 17.3 Å². The summed E-state index contributed by atoms with van der Waals surface area (Å²) >= 11 is 0. The van der Waals surface area contributed by atoms with Crippen LogP contribution in [0.4, 0.5) is 10.1 Å². The molecule has 0 radical (unpaired) electrons. The number of halogens is 1. The van der Waals surface area contributed by atoms with Gasteiger partial charge in [0.15, 0.2) is 0 Å². The number of nitriles is 1. The van der Waals surface area contributed by atoms with Gasteiger partial charge in [0.1, 0.15) is 11.5 Å². The molecule has 0 saturated heterocycles. The summed E-state index contributed by atoms with van der Waals surface area (Å²) in [7, 11) is 0. The number of nitrogens with one attached hydrogen (secondary N) is 2. The Bertz CT molecular complexity index is 1040. The van der Waals surface area contributed by atoms with Crippen molar-refractivity contribution in [1.29, 1.82) is 5.26 Å². The number of aromatic nitrogens is 2. The molecule has 0 atom stereocenters. The van der Waals surface area contributed by atoms with Crippen LogP contribution < -0.4 is 11.0 Å². The number of amides is 1. The fraction of sp³-hybridized carbons (Fsp3) is 0. The van der Waals surface area contributed by atoms with Crippen LogP contribution in [0.5, 0.6) is 0 Å². The lowest BCUT2D eigenvalue weighted by Crippen LogP contribution is -2.21. The normalized spacial score (nSPS) is 10.1. The Morgan fingerprint density at radius 2 is 1.92 bits per heavy atom. The van der Waals surface area contributed by atoms with Crippen molar-refractivity contribution in [3.8, 4) is 17.3 Å². The van der Waals surface area contributed by atoms with E-state index in [1.807, 2.05) is 6.07 Å². The molecular weight excluding hydrogens is 323 g/mol. The third-order valence-electron chi connectivity index (χ3n) is 3.38. The number of H-pyrrole nitrogens is 1. The molecule has 25 heavy (non-hydrogen) atoms. The summed E-state index contributed by atoms with van der Waals surface area (Å²) in [6.45, 7) is 0. The maximum absolute atomic E-state index is 13.0. The standard InChI is InChI=1S/C18H11FN4O2/c19-13-6-4-12(5-7-13)15-9-16(23-18(25)22-15)17(24)21-14-3-1-2-11(8-14)10-20/h1-9H,(H,21,24)(H,22,23,25). The predicted octanol–water partition coefficient (Wildman–Crippen LogP) is 2.70. The summed E-state index contributed by atoms with van der Waals surface area (Å²) in [6.07, 6.45) is 0. The second-order valence-corrected chi connectivity index (χ2v) is 5.14. The van der Waals surface area contributed by atoms with Crippen LogP contribution in [-0.2, 0) is 0 Å². The number of benzene rings is 2. The summed E-state index contributed by atoms with van der Waals surface area (Å²) in [6, 6.07) is 15.2. The van der Waals surface area contributed by atoms with E-state index in [1.165, 1.54) is 36.4 Å². The fourth-order valence-corrected chi connectivity index (χ4v) is 2.21. The molecule has 0 unspecified atom stereocenters. The minimum Gasteiger partial charge on any atom is -0.321 e. The molecular formula is C18H11FN4O2. The first-order chi connectivity index (χ1) is 12.0. The van der Waals surface area contributed by atoms with Gasteiger partial charge in [-0.2, -0.15) is 10.2 Å². The van der Waals surface area contributed by atoms with Crippen molar-refractivity contribution >= 4 is 11.6 Å². The molecule has 6 nitrogen and oxygen atoms in total. The first-order valence-electron chi connectivity index (χ1n) is 7.24. The van der Waals surface area contributed by atoms with E-state index in [4.69, 9.17) is 5.26 Å². The van der Waals surface area contributed by atoms with Crippen LogP contribution in [0, 0.1) is 17.1 Å². The molecule has 0 fully saturated rings. The van der Waals surface area contributed by atoms with Crippen molar-refractivity contribution in [2.75, 3.05) is 5.32 Å². The van der Waals surface area contributed by atoms with Gasteiger partial charge in [-0.1, -0.05) is 6.07 Å². The maximum atomic E-state index is 13.0. The molecule has 1 aromatic heterocycles. The van der Waals surface area contributed by atoms with Crippen LogP contribution in [0.25, 0.3) is 11.3 Å². The smallest absolute Gasteiger partial charge is 0.321 e. The van der Waals surface area contributed by atoms with Gasteiger partial charge in [-0.15, -0.1) is 0 Å². The second kappa shape index (κ2) is 6.76. The molecule has 2 aromatic carbocycles. The molecule has 0 saturated carbocycles. The van der Waals surface area contributed by atoms with Gasteiger partial charge >= 0.3 is 5.69 Å². The van der Waals surface area contributed by atoms with Gasteiger partial charge in [-0.25, -0.2) is 9.18 Å². The Hall–Kier alpha value is -3.79. The van der Waals surface area contributed by atoms with Crippen LogP contribution >= 0.6 is 0 Å². The number of carbonyl (C=O) groups is 1. The largest absolute Gasteiger partial charge is 0.346 e. The van der Waals surface area contributed by atoms with Crippen molar-refractivity contribution in [1.82, 2.24) is 9.97 Å². The van der Waals surface area contributed by atoms with Gasteiger partial charge in [-0.3, -0.25) is 4.79 Å². The lowest BCUT2D eigenvalue weighted by molar-refractivity contribution is 0.102. The lowest BCUT2D eigenvalue weighted by atomic mass is 10.1. The molecule has 3 rings (SSSR count). The molecule has 0 aliphatic heterocycles. The Morgan fingerprint density at radius 3 is 2.64 bits per heavy atom. The van der Waals surface area contributed by atoms with Crippen LogP contribution in [0.2, 0.25) is 0 Å². The van der Waals surface area contributed by atoms with Gasteiger partial charge in [0.2, 0.25) is 0 Å². The first kappa shape index (κ1) is 16.1. The van der Waals surface area contributed by atoms with Gasteiger partial charge in [-0.05, 0) is 48.5 Å². The van der Waals surface area contributed by atoms with E-state index in [-0.39, 0.29) is 11.4 Å². The molecule has 1 amide bonds. The van der Waals surface area contributed by atoms with Crippen LogP contribution in [-0.4, -0.2) is 15.9 Å². The van der Waals surface area contributed by atoms with E-state index in [2.05, 4.69) is 15.3 Å². The van der Waals surface area contributed by atoms with Gasteiger partial charge < -0.3 is 10.3 Å². The Labute approximate surface area is 141 Å². The zero-order valence-corrected chi connectivity index (χ0v) is 12.8. The topological polar surface area (TPSA) is 98.6 Å². The van der Waals surface area contributed by atoms with Crippen LogP contribution in [0.15, 0.2) is 59.4 Å². The predicted molar refractivity (Wildman–Crippen MR) is 89.4 cm³/mol. The Kier molecular flexibility index (Phi) is 4.35. The molecule has 3 aromatic rings. The summed E-state index contributed by atoms with van der Waals surface area (Å²) in [5.41, 5.74) is 0.880. The molecule has 7 heteroatoms. The molecule has 0 aliphatic rings. The van der Waals surface area contributed by atoms with Gasteiger partial charge in [0.25, 0.3) is 5.91 Å². The summed E-state index contributed by atoms with van der Waals surface area (Å²) in [5.74, 6) is -0.970. The minimum absolute atomic E-state index is 0.00156. The number of hydrogen-bond donors (Lipinski definition) is 2. The minimum atomic E-state index is -0.697. The van der Waals surface area contributed by atoms with Crippen LogP contribution in [0.1, 0.15) is 16.1 Å². The highest BCUT2D eigenvalue weighted by molar-refractivity contribution is 6.03. The number of nitrogens with zero attached hydrogens (tertiary/aromatic N) is 2. The quantitative estimate of drug-likeness (QED) is 0.769. The maximum Gasteiger partial charge on any atom is 0.346 e. The Morgan fingerprint density at radius 1 is 1.16 bits per heavy atom. The second-order valence-electron chi connectivity index (χ2n) is 5.14. The number of aromatic amines is 1. The van der Waals surface area contributed by atoms with Crippen LogP contribution in [0.3, 0.4) is 0 Å². The monoisotopic (exact) mass is 334 g/mol. The van der Waals surface area contributed by atoms with E-state index in [0.717, 1.165) is 0 Å². The SMILES string of the molecule is N#Cc1cccc(NC(=O)c2cc(-c3ccc(F)cc3)nc(=O)[nH]2)c1. The number of rotatable bonds is 3. The Balaban J connectivity index is 1.91. The highest BCUT2D eigenvalue weighted by Crippen LogP contribution is 2.17. The zero-order valence-electron chi connectivity index (χ0n) is 12.8. The van der Waals surface area contributed by atoms with Gasteiger partial charge in [0, 0.05) is 11.3 Å². The van der Waals surface area contributed by atoms with Crippen molar-refractivity contribution in [3.63, 3.8) is 0 Å². The number of anilines is 1. The van der Waals surface area contributed by atoms with E-state index < -0.39 is 17.4 Å². The summed E-state index contributed by atoms with van der Waals surface area (Å²) < 4.78 is 13.0. The zero-order chi connectivity index (χ0) is 17.8. The van der Waals surface area contributed by atoms with Crippen molar-refractivity contribution < 1.29 is 9.18 Å². The fourth-order valence-electron chi connectivity index (χ4n) is 2.21. The third kappa shape index (κ3) is 3.76. The molecule has 1 heterocycles. The highest BCUT2D eigenvalue weighted by atomic mass is 19.1.